The van der Waals surface area contributed by atoms with Crippen molar-refractivity contribution in [1.29, 1.82) is 0 Å². The monoisotopic (exact) mass is 434 g/mol. The van der Waals surface area contributed by atoms with Gasteiger partial charge in [-0.3, -0.25) is 23.5 Å². The van der Waals surface area contributed by atoms with Gasteiger partial charge in [-0.1, -0.05) is 60.7 Å². The first-order valence-corrected chi connectivity index (χ1v) is 10.3. The SMILES string of the molecule is Cn1c(CNC(=O)[C@H](Cc2ccccc2)NC(=O)Cc2ccccc2)cc(=O)n(C)c1=O. The third-order valence-electron chi connectivity index (χ3n) is 5.21. The van der Waals surface area contributed by atoms with Crippen LogP contribution in [0.4, 0.5) is 0 Å². The van der Waals surface area contributed by atoms with Gasteiger partial charge in [-0.15, -0.1) is 0 Å². The quantitative estimate of drug-likeness (QED) is 0.544. The Morgan fingerprint density at radius 2 is 1.47 bits per heavy atom. The highest BCUT2D eigenvalue weighted by molar-refractivity contribution is 5.88. The number of hydrogen-bond donors (Lipinski definition) is 2. The molecule has 1 aromatic heterocycles. The van der Waals surface area contributed by atoms with Gasteiger partial charge in [0.1, 0.15) is 6.04 Å². The number of benzene rings is 2. The van der Waals surface area contributed by atoms with Crippen LogP contribution in [-0.4, -0.2) is 27.0 Å². The lowest BCUT2D eigenvalue weighted by molar-refractivity contribution is -0.128. The van der Waals surface area contributed by atoms with Crippen molar-refractivity contribution in [2.24, 2.45) is 14.1 Å². The van der Waals surface area contributed by atoms with Gasteiger partial charge in [-0.25, -0.2) is 4.79 Å². The molecule has 1 heterocycles. The average molecular weight is 434 g/mol. The van der Waals surface area contributed by atoms with Crippen molar-refractivity contribution in [3.63, 3.8) is 0 Å². The van der Waals surface area contributed by atoms with E-state index < -0.39 is 23.2 Å². The third kappa shape index (κ3) is 5.81. The molecular weight excluding hydrogens is 408 g/mol. The van der Waals surface area contributed by atoms with E-state index in [0.29, 0.717) is 12.1 Å². The number of carbonyl (C=O) groups is 2. The molecule has 8 nitrogen and oxygen atoms in total. The maximum atomic E-state index is 13.0. The maximum absolute atomic E-state index is 13.0. The summed E-state index contributed by atoms with van der Waals surface area (Å²) in [5, 5.41) is 5.55. The van der Waals surface area contributed by atoms with E-state index in [9.17, 15) is 19.2 Å². The van der Waals surface area contributed by atoms with Gasteiger partial charge in [0, 0.05) is 32.3 Å². The number of nitrogens with one attached hydrogen (secondary N) is 2. The molecule has 0 spiro atoms. The standard InChI is InChI=1S/C24H26N4O4/c1-27-19(15-22(30)28(2)24(27)32)16-25-23(31)20(13-17-9-5-3-6-10-17)26-21(29)14-18-11-7-4-8-12-18/h3-12,15,20H,13-14,16H2,1-2H3,(H,25,31)(H,26,29)/t20-/m0/s1. The van der Waals surface area contributed by atoms with Gasteiger partial charge in [-0.05, 0) is 11.1 Å². The van der Waals surface area contributed by atoms with Crippen LogP contribution in [0.1, 0.15) is 16.8 Å². The van der Waals surface area contributed by atoms with E-state index in [1.165, 1.54) is 24.7 Å². The summed E-state index contributed by atoms with van der Waals surface area (Å²) in [5.74, 6) is -0.670. The van der Waals surface area contributed by atoms with Crippen molar-refractivity contribution in [1.82, 2.24) is 19.8 Å². The minimum Gasteiger partial charge on any atom is -0.349 e. The Morgan fingerprint density at radius 3 is 2.09 bits per heavy atom. The van der Waals surface area contributed by atoms with Crippen LogP contribution < -0.4 is 21.9 Å². The predicted molar refractivity (Wildman–Crippen MR) is 121 cm³/mol. The largest absolute Gasteiger partial charge is 0.349 e. The van der Waals surface area contributed by atoms with Crippen molar-refractivity contribution in [3.05, 3.63) is 104 Å². The summed E-state index contributed by atoms with van der Waals surface area (Å²) >= 11 is 0. The van der Waals surface area contributed by atoms with Gasteiger partial charge < -0.3 is 10.6 Å². The highest BCUT2D eigenvalue weighted by atomic mass is 16.2. The molecule has 0 radical (unpaired) electrons. The molecule has 0 unspecified atom stereocenters. The molecule has 2 N–H and O–H groups in total. The van der Waals surface area contributed by atoms with Crippen LogP contribution in [0.5, 0.6) is 0 Å². The van der Waals surface area contributed by atoms with E-state index in [-0.39, 0.29) is 18.9 Å². The molecule has 0 aliphatic heterocycles. The Labute approximate surface area is 185 Å². The number of carbonyl (C=O) groups excluding carboxylic acids is 2. The number of hydrogen-bond acceptors (Lipinski definition) is 4. The first-order chi connectivity index (χ1) is 15.3. The van der Waals surface area contributed by atoms with Gasteiger partial charge >= 0.3 is 5.69 Å². The minimum absolute atomic E-state index is 0.0134. The molecule has 0 bridgehead atoms. The lowest BCUT2D eigenvalue weighted by atomic mass is 10.0. The van der Waals surface area contributed by atoms with Gasteiger partial charge in [0.15, 0.2) is 0 Å². The van der Waals surface area contributed by atoms with Gasteiger partial charge in [0.05, 0.1) is 13.0 Å². The Morgan fingerprint density at radius 1 is 0.875 bits per heavy atom. The molecule has 166 valence electrons. The van der Waals surface area contributed by atoms with Gasteiger partial charge in [0.2, 0.25) is 11.8 Å². The number of rotatable bonds is 8. The van der Waals surface area contributed by atoms with Crippen LogP contribution >= 0.6 is 0 Å². The van der Waals surface area contributed by atoms with Crippen molar-refractivity contribution < 1.29 is 9.59 Å². The first-order valence-electron chi connectivity index (χ1n) is 10.3. The molecule has 3 aromatic rings. The molecule has 0 fully saturated rings. The Hall–Kier alpha value is -3.94. The lowest BCUT2D eigenvalue weighted by Crippen LogP contribution is -2.49. The Bertz CT molecular complexity index is 1200. The zero-order valence-corrected chi connectivity index (χ0v) is 18.1. The minimum atomic E-state index is -0.808. The fourth-order valence-electron chi connectivity index (χ4n) is 3.33. The molecule has 32 heavy (non-hydrogen) atoms. The van der Waals surface area contributed by atoms with E-state index >= 15 is 0 Å². The smallest absolute Gasteiger partial charge is 0.330 e. The van der Waals surface area contributed by atoms with E-state index in [2.05, 4.69) is 10.6 Å². The maximum Gasteiger partial charge on any atom is 0.330 e. The fraction of sp³-hybridized carbons (Fsp3) is 0.250. The zero-order chi connectivity index (χ0) is 23.1. The summed E-state index contributed by atoms with van der Waals surface area (Å²) in [7, 11) is 2.93. The molecule has 8 heteroatoms. The molecule has 0 aliphatic rings. The number of nitrogens with zero attached hydrogens (tertiary/aromatic N) is 2. The Kier molecular flexibility index (Phi) is 7.38. The number of amides is 2. The van der Waals surface area contributed by atoms with Gasteiger partial charge in [0.25, 0.3) is 5.56 Å². The normalized spacial score (nSPS) is 11.6. The molecule has 2 aromatic carbocycles. The van der Waals surface area contributed by atoms with Crippen LogP contribution in [-0.2, 0) is 43.1 Å². The first kappa shape index (κ1) is 22.7. The van der Waals surface area contributed by atoms with Crippen LogP contribution in [0.25, 0.3) is 0 Å². The highest BCUT2D eigenvalue weighted by Gasteiger charge is 2.21. The summed E-state index contributed by atoms with van der Waals surface area (Å²) in [5.41, 5.74) is 1.20. The lowest BCUT2D eigenvalue weighted by Gasteiger charge is -2.19. The topological polar surface area (TPSA) is 102 Å². The molecule has 3 rings (SSSR count). The summed E-state index contributed by atoms with van der Waals surface area (Å²) in [6.45, 7) is -0.0134. The summed E-state index contributed by atoms with van der Waals surface area (Å²) < 4.78 is 2.30. The predicted octanol–water partition coefficient (Wildman–Crippen LogP) is 0.670. The van der Waals surface area contributed by atoms with Crippen molar-refractivity contribution in [3.8, 4) is 0 Å². The zero-order valence-electron chi connectivity index (χ0n) is 18.1. The average Bonchev–Trinajstić information content (AvgIpc) is 2.80. The summed E-state index contributed by atoms with van der Waals surface area (Å²) in [6.07, 6.45) is 0.464. The molecule has 0 saturated heterocycles. The van der Waals surface area contributed by atoms with Crippen molar-refractivity contribution >= 4 is 11.8 Å². The third-order valence-corrected chi connectivity index (χ3v) is 5.21. The van der Waals surface area contributed by atoms with Crippen LogP contribution in [0.15, 0.2) is 76.3 Å². The molecule has 0 saturated carbocycles. The van der Waals surface area contributed by atoms with E-state index in [4.69, 9.17) is 0 Å². The summed E-state index contributed by atoms with van der Waals surface area (Å²) in [6, 6.07) is 19.2. The second kappa shape index (κ2) is 10.4. The molecule has 0 aliphatic carbocycles. The second-order valence-corrected chi connectivity index (χ2v) is 7.56. The highest BCUT2D eigenvalue weighted by Crippen LogP contribution is 2.06. The second-order valence-electron chi connectivity index (χ2n) is 7.56. The fourth-order valence-corrected chi connectivity index (χ4v) is 3.33. The van der Waals surface area contributed by atoms with E-state index in [0.717, 1.165) is 15.7 Å². The number of aromatic nitrogens is 2. The summed E-state index contributed by atoms with van der Waals surface area (Å²) in [4.78, 5) is 49.6. The van der Waals surface area contributed by atoms with Crippen LogP contribution in [0.2, 0.25) is 0 Å². The molecule has 1 atom stereocenters. The van der Waals surface area contributed by atoms with E-state index in [1.807, 2.05) is 60.7 Å². The van der Waals surface area contributed by atoms with E-state index in [1.54, 1.807) is 0 Å². The van der Waals surface area contributed by atoms with Crippen LogP contribution in [0, 0.1) is 0 Å². The molecular formula is C24H26N4O4. The Balaban J connectivity index is 1.73. The van der Waals surface area contributed by atoms with Crippen LogP contribution in [0.3, 0.4) is 0 Å². The van der Waals surface area contributed by atoms with Crippen molar-refractivity contribution in [2.75, 3.05) is 0 Å². The molecule has 2 amide bonds. The van der Waals surface area contributed by atoms with Crippen molar-refractivity contribution in [2.45, 2.75) is 25.4 Å². The van der Waals surface area contributed by atoms with Gasteiger partial charge in [-0.2, -0.15) is 0 Å².